The molecular formula is C15H14O2. The lowest BCUT2D eigenvalue weighted by molar-refractivity contribution is 0.151. The van der Waals surface area contributed by atoms with E-state index < -0.39 is 5.60 Å². The van der Waals surface area contributed by atoms with Crippen LogP contribution in [0.3, 0.4) is 0 Å². The van der Waals surface area contributed by atoms with E-state index in [0.717, 1.165) is 29.9 Å². The van der Waals surface area contributed by atoms with Crippen molar-refractivity contribution in [1.82, 2.24) is 0 Å². The summed E-state index contributed by atoms with van der Waals surface area (Å²) in [5.41, 5.74) is 0.420. The van der Waals surface area contributed by atoms with Crippen molar-refractivity contribution in [2.24, 2.45) is 0 Å². The third-order valence-corrected chi connectivity index (χ3v) is 3.09. The summed E-state index contributed by atoms with van der Waals surface area (Å²) in [6.07, 6.45) is 1.73. The molecule has 0 bridgehead atoms. The first-order valence-electron chi connectivity index (χ1n) is 5.82. The Labute approximate surface area is 100 Å². The Kier molecular flexibility index (Phi) is 2.37. The molecule has 2 heteroatoms. The van der Waals surface area contributed by atoms with Gasteiger partial charge in [-0.2, -0.15) is 0 Å². The lowest BCUT2D eigenvalue weighted by Crippen LogP contribution is -2.03. The van der Waals surface area contributed by atoms with Crippen LogP contribution in [0, 0.1) is 0 Å². The maximum Gasteiger partial charge on any atom is 0.127 e. The molecule has 2 aromatic carbocycles. The van der Waals surface area contributed by atoms with E-state index in [1.54, 1.807) is 0 Å². The molecule has 3 rings (SSSR count). The van der Waals surface area contributed by atoms with Gasteiger partial charge in [-0.3, -0.25) is 0 Å². The van der Waals surface area contributed by atoms with Crippen molar-refractivity contribution in [2.45, 2.75) is 18.4 Å². The van der Waals surface area contributed by atoms with Crippen LogP contribution in [0.1, 0.15) is 18.4 Å². The molecule has 1 aliphatic rings. The minimum Gasteiger partial charge on any atom is -0.457 e. The SMILES string of the molecule is OC1(c2ccc(Oc3ccccc3)cc2)CC1. The molecule has 2 nitrogen and oxygen atoms in total. The van der Waals surface area contributed by atoms with Crippen LogP contribution in [-0.2, 0) is 5.60 Å². The Balaban J connectivity index is 1.77. The third kappa shape index (κ3) is 2.17. The average molecular weight is 226 g/mol. The maximum atomic E-state index is 9.94. The summed E-state index contributed by atoms with van der Waals surface area (Å²) in [7, 11) is 0. The standard InChI is InChI=1S/C15H14O2/c16-15(10-11-15)12-6-8-14(9-7-12)17-13-4-2-1-3-5-13/h1-9,16H,10-11H2. The normalized spacial score (nSPS) is 16.5. The number of para-hydroxylation sites is 1. The van der Waals surface area contributed by atoms with E-state index in [1.807, 2.05) is 54.6 Å². The van der Waals surface area contributed by atoms with Crippen LogP contribution in [-0.4, -0.2) is 5.11 Å². The second-order valence-electron chi connectivity index (χ2n) is 4.47. The molecule has 17 heavy (non-hydrogen) atoms. The highest BCUT2D eigenvalue weighted by atomic mass is 16.5. The zero-order valence-corrected chi connectivity index (χ0v) is 9.47. The molecule has 0 amide bonds. The molecular weight excluding hydrogens is 212 g/mol. The minimum atomic E-state index is -0.564. The number of aliphatic hydroxyl groups is 1. The van der Waals surface area contributed by atoms with Crippen LogP contribution in [0.2, 0.25) is 0 Å². The Morgan fingerprint density at radius 2 is 1.41 bits per heavy atom. The quantitative estimate of drug-likeness (QED) is 0.868. The van der Waals surface area contributed by atoms with E-state index in [0.29, 0.717) is 0 Å². The third-order valence-electron chi connectivity index (χ3n) is 3.09. The predicted molar refractivity (Wildman–Crippen MR) is 66.1 cm³/mol. The summed E-state index contributed by atoms with van der Waals surface area (Å²) >= 11 is 0. The molecule has 1 aliphatic carbocycles. The number of ether oxygens (including phenoxy) is 1. The Hall–Kier alpha value is -1.80. The Morgan fingerprint density at radius 3 is 2.00 bits per heavy atom. The van der Waals surface area contributed by atoms with Gasteiger partial charge in [-0.05, 0) is 42.7 Å². The van der Waals surface area contributed by atoms with Gasteiger partial charge in [0, 0.05) is 0 Å². The number of rotatable bonds is 3. The molecule has 0 saturated heterocycles. The topological polar surface area (TPSA) is 29.5 Å². The molecule has 0 aromatic heterocycles. The largest absolute Gasteiger partial charge is 0.457 e. The Bertz CT molecular complexity index is 498. The van der Waals surface area contributed by atoms with Crippen LogP contribution in [0.25, 0.3) is 0 Å². The first kappa shape index (κ1) is 10.4. The van der Waals surface area contributed by atoms with Crippen LogP contribution < -0.4 is 4.74 Å². The van der Waals surface area contributed by atoms with Crippen molar-refractivity contribution in [1.29, 1.82) is 0 Å². The summed E-state index contributed by atoms with van der Waals surface area (Å²) in [4.78, 5) is 0. The first-order valence-corrected chi connectivity index (χ1v) is 5.82. The van der Waals surface area contributed by atoms with Crippen molar-refractivity contribution in [2.75, 3.05) is 0 Å². The fourth-order valence-electron chi connectivity index (χ4n) is 1.86. The van der Waals surface area contributed by atoms with Crippen molar-refractivity contribution < 1.29 is 9.84 Å². The van der Waals surface area contributed by atoms with Crippen molar-refractivity contribution in [3.63, 3.8) is 0 Å². The van der Waals surface area contributed by atoms with E-state index in [1.165, 1.54) is 0 Å². The van der Waals surface area contributed by atoms with Gasteiger partial charge in [0.25, 0.3) is 0 Å². The smallest absolute Gasteiger partial charge is 0.127 e. The molecule has 0 aliphatic heterocycles. The number of hydrogen-bond acceptors (Lipinski definition) is 2. The molecule has 1 saturated carbocycles. The molecule has 0 unspecified atom stereocenters. The Morgan fingerprint density at radius 1 is 0.824 bits per heavy atom. The molecule has 2 aromatic rings. The second kappa shape index (κ2) is 3.90. The molecule has 0 radical (unpaired) electrons. The van der Waals surface area contributed by atoms with Crippen LogP contribution in [0.4, 0.5) is 0 Å². The van der Waals surface area contributed by atoms with Gasteiger partial charge < -0.3 is 9.84 Å². The van der Waals surface area contributed by atoms with Gasteiger partial charge in [0.05, 0.1) is 5.60 Å². The predicted octanol–water partition coefficient (Wildman–Crippen LogP) is 3.46. The molecule has 0 atom stereocenters. The lowest BCUT2D eigenvalue weighted by Gasteiger charge is -2.09. The summed E-state index contributed by atoms with van der Waals surface area (Å²) in [6, 6.07) is 17.4. The zero-order chi connectivity index (χ0) is 11.7. The highest BCUT2D eigenvalue weighted by molar-refractivity contribution is 5.36. The summed E-state index contributed by atoms with van der Waals surface area (Å²) in [5.74, 6) is 1.62. The van der Waals surface area contributed by atoms with E-state index in [-0.39, 0.29) is 0 Å². The molecule has 86 valence electrons. The maximum absolute atomic E-state index is 9.94. The number of hydrogen-bond donors (Lipinski definition) is 1. The highest BCUT2D eigenvalue weighted by Crippen LogP contribution is 2.45. The van der Waals surface area contributed by atoms with Gasteiger partial charge in [0.2, 0.25) is 0 Å². The summed E-state index contributed by atoms with van der Waals surface area (Å²) in [6.45, 7) is 0. The molecule has 1 fully saturated rings. The van der Waals surface area contributed by atoms with E-state index in [4.69, 9.17) is 4.74 Å². The molecule has 0 spiro atoms. The molecule has 0 heterocycles. The van der Waals surface area contributed by atoms with Crippen LogP contribution in [0.5, 0.6) is 11.5 Å². The van der Waals surface area contributed by atoms with Crippen molar-refractivity contribution in [3.8, 4) is 11.5 Å². The fraction of sp³-hybridized carbons (Fsp3) is 0.200. The zero-order valence-electron chi connectivity index (χ0n) is 9.47. The fourth-order valence-corrected chi connectivity index (χ4v) is 1.86. The number of benzene rings is 2. The van der Waals surface area contributed by atoms with Gasteiger partial charge in [0.15, 0.2) is 0 Å². The highest BCUT2D eigenvalue weighted by Gasteiger charge is 2.41. The summed E-state index contributed by atoms with van der Waals surface area (Å²) < 4.78 is 5.68. The van der Waals surface area contributed by atoms with Crippen molar-refractivity contribution in [3.05, 3.63) is 60.2 Å². The van der Waals surface area contributed by atoms with E-state index in [9.17, 15) is 5.11 Å². The lowest BCUT2D eigenvalue weighted by atomic mass is 10.1. The van der Waals surface area contributed by atoms with Gasteiger partial charge in [-0.25, -0.2) is 0 Å². The van der Waals surface area contributed by atoms with E-state index in [2.05, 4.69) is 0 Å². The molecule has 1 N–H and O–H groups in total. The minimum absolute atomic E-state index is 0.564. The van der Waals surface area contributed by atoms with Gasteiger partial charge >= 0.3 is 0 Å². The van der Waals surface area contributed by atoms with Gasteiger partial charge in [0.1, 0.15) is 11.5 Å². The summed E-state index contributed by atoms with van der Waals surface area (Å²) in [5, 5.41) is 9.94. The van der Waals surface area contributed by atoms with Gasteiger partial charge in [-0.1, -0.05) is 30.3 Å². The van der Waals surface area contributed by atoms with Gasteiger partial charge in [-0.15, -0.1) is 0 Å². The monoisotopic (exact) mass is 226 g/mol. The second-order valence-corrected chi connectivity index (χ2v) is 4.47. The van der Waals surface area contributed by atoms with Crippen LogP contribution >= 0.6 is 0 Å². The van der Waals surface area contributed by atoms with Crippen molar-refractivity contribution >= 4 is 0 Å². The average Bonchev–Trinajstić information content (AvgIpc) is 3.11. The van der Waals surface area contributed by atoms with E-state index >= 15 is 0 Å². The first-order chi connectivity index (χ1) is 8.26. The van der Waals surface area contributed by atoms with Crippen LogP contribution in [0.15, 0.2) is 54.6 Å².